The quantitative estimate of drug-likeness (QED) is 0.593. The van der Waals surface area contributed by atoms with E-state index in [1.54, 1.807) is 55.5 Å². The number of hydrogen-bond donors (Lipinski definition) is 1. The smallest absolute Gasteiger partial charge is 0.267 e. The van der Waals surface area contributed by atoms with Gasteiger partial charge in [0.05, 0.1) is 21.2 Å². The van der Waals surface area contributed by atoms with E-state index in [-0.39, 0.29) is 4.90 Å². The van der Waals surface area contributed by atoms with Crippen molar-refractivity contribution in [3.05, 3.63) is 64.7 Å². The fraction of sp³-hybridized carbons (Fsp3) is 0.300. The van der Waals surface area contributed by atoms with Crippen LogP contribution in [0.25, 0.3) is 0 Å². The number of nitrogens with one attached hydrogen (secondary N) is 1. The second kappa shape index (κ2) is 8.86. The molecule has 1 fully saturated rings. The molecule has 0 atom stereocenters. The summed E-state index contributed by atoms with van der Waals surface area (Å²) in [7, 11) is -3.46. The summed E-state index contributed by atoms with van der Waals surface area (Å²) in [4.78, 5) is 12.4. The van der Waals surface area contributed by atoms with Gasteiger partial charge in [-0.05, 0) is 49.6 Å². The van der Waals surface area contributed by atoms with Gasteiger partial charge in [-0.1, -0.05) is 42.3 Å². The minimum atomic E-state index is -3.46. The molecule has 6 nitrogen and oxygen atoms in total. The largest absolute Gasteiger partial charge is 0.272 e. The van der Waals surface area contributed by atoms with Gasteiger partial charge in [-0.25, -0.2) is 13.8 Å². The third-order valence-electron chi connectivity index (χ3n) is 4.67. The molecule has 1 amide bonds. The summed E-state index contributed by atoms with van der Waals surface area (Å²) < 4.78 is 26.9. The molecule has 1 aliphatic heterocycles. The Morgan fingerprint density at radius 2 is 1.68 bits per heavy atom. The molecule has 2 aromatic rings. The van der Waals surface area contributed by atoms with Crippen molar-refractivity contribution in [3.8, 4) is 0 Å². The van der Waals surface area contributed by atoms with Gasteiger partial charge in [0, 0.05) is 13.1 Å². The Morgan fingerprint density at radius 3 is 2.32 bits per heavy atom. The van der Waals surface area contributed by atoms with Gasteiger partial charge in [0.25, 0.3) is 5.91 Å². The van der Waals surface area contributed by atoms with Crippen molar-refractivity contribution in [2.24, 2.45) is 5.10 Å². The van der Waals surface area contributed by atoms with Crippen LogP contribution in [0.1, 0.15) is 42.1 Å². The number of rotatable bonds is 5. The van der Waals surface area contributed by atoms with Crippen molar-refractivity contribution < 1.29 is 13.2 Å². The van der Waals surface area contributed by atoms with Crippen molar-refractivity contribution in [2.45, 2.75) is 31.1 Å². The molecule has 0 bridgehead atoms. The van der Waals surface area contributed by atoms with E-state index < -0.39 is 15.9 Å². The Balaban J connectivity index is 1.71. The summed E-state index contributed by atoms with van der Waals surface area (Å²) in [6.07, 6.45) is 2.86. The van der Waals surface area contributed by atoms with E-state index in [4.69, 9.17) is 11.6 Å². The van der Waals surface area contributed by atoms with E-state index in [1.165, 1.54) is 4.31 Å². The molecule has 28 heavy (non-hydrogen) atoms. The van der Waals surface area contributed by atoms with Crippen LogP contribution in [0.4, 0.5) is 0 Å². The van der Waals surface area contributed by atoms with E-state index in [0.717, 1.165) is 24.8 Å². The zero-order valence-corrected chi connectivity index (χ0v) is 17.1. The number of carbonyl (C=O) groups is 1. The van der Waals surface area contributed by atoms with Gasteiger partial charge in [0.1, 0.15) is 0 Å². The topological polar surface area (TPSA) is 78.8 Å². The number of piperidine rings is 1. The highest BCUT2D eigenvalue weighted by atomic mass is 35.5. The molecule has 0 aliphatic carbocycles. The van der Waals surface area contributed by atoms with Crippen LogP contribution in [-0.4, -0.2) is 37.4 Å². The van der Waals surface area contributed by atoms with Crippen LogP contribution in [0.5, 0.6) is 0 Å². The summed E-state index contributed by atoms with van der Waals surface area (Å²) in [6.45, 7) is 2.87. The predicted octanol–water partition coefficient (Wildman–Crippen LogP) is 3.67. The average Bonchev–Trinajstić information content (AvgIpc) is 2.73. The van der Waals surface area contributed by atoms with E-state index in [9.17, 15) is 13.2 Å². The highest BCUT2D eigenvalue weighted by Gasteiger charge is 2.25. The first-order valence-corrected chi connectivity index (χ1v) is 10.9. The fourth-order valence-corrected chi connectivity index (χ4v) is 4.77. The second-order valence-electron chi connectivity index (χ2n) is 6.61. The molecule has 1 aliphatic rings. The van der Waals surface area contributed by atoms with Gasteiger partial charge in [0.2, 0.25) is 10.0 Å². The van der Waals surface area contributed by atoms with Crippen LogP contribution in [0.2, 0.25) is 5.02 Å². The second-order valence-corrected chi connectivity index (χ2v) is 8.95. The van der Waals surface area contributed by atoms with E-state index in [2.05, 4.69) is 10.5 Å². The lowest BCUT2D eigenvalue weighted by Crippen LogP contribution is -2.35. The third-order valence-corrected chi connectivity index (χ3v) is 6.91. The molecule has 1 saturated heterocycles. The van der Waals surface area contributed by atoms with Gasteiger partial charge >= 0.3 is 0 Å². The van der Waals surface area contributed by atoms with E-state index in [0.29, 0.717) is 29.4 Å². The Bertz CT molecular complexity index is 982. The Morgan fingerprint density at radius 1 is 1.04 bits per heavy atom. The van der Waals surface area contributed by atoms with Crippen LogP contribution in [-0.2, 0) is 10.0 Å². The molecule has 0 radical (unpaired) electrons. The number of amides is 1. The number of hydrogen-bond acceptors (Lipinski definition) is 4. The van der Waals surface area contributed by atoms with E-state index in [1.807, 2.05) is 0 Å². The molecule has 0 aromatic heterocycles. The standard InChI is InChI=1S/C20H22ClN3O3S/c1-15(22-23-20(25)18-7-3-4-8-19(18)21)16-9-11-17(12-10-16)28(26,27)24-13-5-2-6-14-24/h3-4,7-12H,2,5-6,13-14H2,1H3,(H,23,25)/b22-15-. The third kappa shape index (κ3) is 4.60. The van der Waals surface area contributed by atoms with Crippen LogP contribution >= 0.6 is 11.6 Å². The van der Waals surface area contributed by atoms with Gasteiger partial charge in [-0.3, -0.25) is 4.79 Å². The number of sulfonamides is 1. The molecular weight excluding hydrogens is 398 g/mol. The molecule has 2 aromatic carbocycles. The Labute approximate surface area is 170 Å². The normalized spacial score (nSPS) is 16.0. The molecule has 0 saturated carbocycles. The first kappa shape index (κ1) is 20.5. The molecule has 0 unspecified atom stereocenters. The molecule has 0 spiro atoms. The van der Waals surface area contributed by atoms with Crippen molar-refractivity contribution in [2.75, 3.05) is 13.1 Å². The highest BCUT2D eigenvalue weighted by molar-refractivity contribution is 7.89. The van der Waals surface area contributed by atoms with Crippen molar-refractivity contribution >= 4 is 33.2 Å². The Kier molecular flexibility index (Phi) is 6.49. The fourth-order valence-electron chi connectivity index (χ4n) is 3.03. The maximum Gasteiger partial charge on any atom is 0.272 e. The molecule has 1 N–H and O–H groups in total. The maximum atomic E-state index is 12.7. The van der Waals surface area contributed by atoms with E-state index >= 15 is 0 Å². The summed E-state index contributed by atoms with van der Waals surface area (Å²) in [6, 6.07) is 13.3. The monoisotopic (exact) mass is 419 g/mol. The number of benzene rings is 2. The van der Waals surface area contributed by atoms with Gasteiger partial charge in [-0.15, -0.1) is 0 Å². The van der Waals surface area contributed by atoms with Crippen LogP contribution in [0.3, 0.4) is 0 Å². The summed E-state index contributed by atoms with van der Waals surface area (Å²) in [5.74, 6) is -0.408. The maximum absolute atomic E-state index is 12.7. The molecule has 8 heteroatoms. The number of hydrazone groups is 1. The molecule has 1 heterocycles. The lowest BCUT2D eigenvalue weighted by atomic mass is 10.1. The first-order chi connectivity index (χ1) is 13.4. The minimum absolute atomic E-state index is 0.269. The predicted molar refractivity (Wildman–Crippen MR) is 110 cm³/mol. The van der Waals surface area contributed by atoms with Crippen molar-refractivity contribution in [1.82, 2.24) is 9.73 Å². The minimum Gasteiger partial charge on any atom is -0.267 e. The van der Waals surface area contributed by atoms with Gasteiger partial charge in [-0.2, -0.15) is 9.41 Å². The lowest BCUT2D eigenvalue weighted by molar-refractivity contribution is 0.0955. The highest BCUT2D eigenvalue weighted by Crippen LogP contribution is 2.21. The number of halogens is 1. The van der Waals surface area contributed by atoms with Crippen LogP contribution in [0.15, 0.2) is 58.5 Å². The average molecular weight is 420 g/mol. The SMILES string of the molecule is C/C(=N/NC(=O)c1ccccc1Cl)c1ccc(S(=O)(=O)N2CCCCC2)cc1. The van der Waals surface area contributed by atoms with Crippen molar-refractivity contribution in [1.29, 1.82) is 0 Å². The Hall–Kier alpha value is -2.22. The molecular formula is C20H22ClN3O3S. The van der Waals surface area contributed by atoms with Gasteiger partial charge < -0.3 is 0 Å². The van der Waals surface area contributed by atoms with Crippen molar-refractivity contribution in [3.63, 3.8) is 0 Å². The van der Waals surface area contributed by atoms with Gasteiger partial charge in [0.15, 0.2) is 0 Å². The summed E-state index contributed by atoms with van der Waals surface area (Å²) >= 11 is 6.01. The molecule has 148 valence electrons. The van der Waals surface area contributed by atoms with Crippen LogP contribution in [0, 0.1) is 0 Å². The lowest BCUT2D eigenvalue weighted by Gasteiger charge is -2.25. The zero-order chi connectivity index (χ0) is 20.1. The zero-order valence-electron chi connectivity index (χ0n) is 15.6. The number of nitrogens with zero attached hydrogens (tertiary/aromatic N) is 2. The van der Waals surface area contributed by atoms with Crippen LogP contribution < -0.4 is 5.43 Å². The molecule has 3 rings (SSSR count). The first-order valence-electron chi connectivity index (χ1n) is 9.09. The summed E-state index contributed by atoms with van der Waals surface area (Å²) in [5, 5.41) is 4.44. The summed E-state index contributed by atoms with van der Waals surface area (Å²) in [5.41, 5.74) is 4.09. The number of carbonyl (C=O) groups excluding carboxylic acids is 1.